The van der Waals surface area contributed by atoms with E-state index in [-0.39, 0.29) is 5.92 Å². The Kier molecular flexibility index (Phi) is 4.24. The zero-order valence-electron chi connectivity index (χ0n) is 11.6. The van der Waals surface area contributed by atoms with Gasteiger partial charge in [0.25, 0.3) is 0 Å². The van der Waals surface area contributed by atoms with Crippen LogP contribution in [0.1, 0.15) is 47.0 Å². The van der Waals surface area contributed by atoms with E-state index in [2.05, 4.69) is 5.32 Å². The van der Waals surface area contributed by atoms with Crippen LogP contribution in [-0.2, 0) is 9.53 Å². The van der Waals surface area contributed by atoms with Gasteiger partial charge in [-0.3, -0.25) is 4.79 Å². The van der Waals surface area contributed by atoms with Crippen molar-refractivity contribution in [3.63, 3.8) is 0 Å². The number of amides is 1. The van der Waals surface area contributed by atoms with Gasteiger partial charge in [-0.1, -0.05) is 6.42 Å². The summed E-state index contributed by atoms with van der Waals surface area (Å²) in [6, 6.07) is 0. The molecule has 0 spiro atoms. The van der Waals surface area contributed by atoms with E-state index in [1.54, 1.807) is 27.7 Å². The van der Waals surface area contributed by atoms with Crippen molar-refractivity contribution in [1.82, 2.24) is 5.32 Å². The summed E-state index contributed by atoms with van der Waals surface area (Å²) in [4.78, 5) is 22.8. The molecule has 1 rings (SSSR count). The van der Waals surface area contributed by atoms with Gasteiger partial charge in [0.1, 0.15) is 5.60 Å². The van der Waals surface area contributed by atoms with Gasteiger partial charge < -0.3 is 15.2 Å². The Morgan fingerprint density at radius 2 is 2.06 bits per heavy atom. The molecule has 2 atom stereocenters. The van der Waals surface area contributed by atoms with Crippen molar-refractivity contribution >= 4 is 12.1 Å². The molecule has 1 unspecified atom stereocenters. The molecule has 1 aliphatic carbocycles. The number of nitrogens with one attached hydrogen (secondary N) is 1. The highest BCUT2D eigenvalue weighted by Crippen LogP contribution is 2.42. The third-order valence-electron chi connectivity index (χ3n) is 3.53. The molecule has 0 saturated heterocycles. The minimum atomic E-state index is -0.781. The molecule has 104 valence electrons. The normalized spacial score (nSPS) is 27.9. The van der Waals surface area contributed by atoms with Crippen molar-refractivity contribution in [1.29, 1.82) is 0 Å². The van der Waals surface area contributed by atoms with Gasteiger partial charge in [-0.2, -0.15) is 0 Å². The molecule has 5 heteroatoms. The van der Waals surface area contributed by atoms with Gasteiger partial charge in [-0.05, 0) is 46.5 Å². The van der Waals surface area contributed by atoms with E-state index in [4.69, 9.17) is 4.74 Å². The third-order valence-corrected chi connectivity index (χ3v) is 3.53. The quantitative estimate of drug-likeness (QED) is 0.814. The zero-order chi connectivity index (χ0) is 14.0. The van der Waals surface area contributed by atoms with E-state index in [0.29, 0.717) is 13.0 Å². The molecule has 1 amide bonds. The summed E-state index contributed by atoms with van der Waals surface area (Å²) in [5, 5.41) is 11.9. The van der Waals surface area contributed by atoms with Gasteiger partial charge in [0.15, 0.2) is 0 Å². The maximum atomic E-state index is 11.5. The Hall–Kier alpha value is -1.26. The highest BCUT2D eigenvalue weighted by molar-refractivity contribution is 5.75. The van der Waals surface area contributed by atoms with Crippen LogP contribution in [0.15, 0.2) is 0 Å². The molecular formula is C13H23NO4. The number of rotatable bonds is 3. The third kappa shape index (κ3) is 3.62. The van der Waals surface area contributed by atoms with Crippen LogP contribution in [0.2, 0.25) is 0 Å². The number of hydrogen-bond acceptors (Lipinski definition) is 3. The second kappa shape index (κ2) is 5.16. The molecule has 0 bridgehead atoms. The van der Waals surface area contributed by atoms with Crippen LogP contribution in [0.25, 0.3) is 0 Å². The topological polar surface area (TPSA) is 75.6 Å². The maximum absolute atomic E-state index is 11.5. The highest BCUT2D eigenvalue weighted by Gasteiger charge is 2.45. The highest BCUT2D eigenvalue weighted by atomic mass is 16.6. The van der Waals surface area contributed by atoms with E-state index < -0.39 is 23.1 Å². The standard InChI is InChI=1S/C13H23NO4/c1-12(2,3)18-11(17)14-8-9-6-5-7-13(9,4)10(15)16/h9H,5-8H2,1-4H3,(H,14,17)(H,15,16)/t9-,13?/m1/s1. The predicted molar refractivity (Wildman–Crippen MR) is 67.3 cm³/mol. The maximum Gasteiger partial charge on any atom is 0.407 e. The van der Waals surface area contributed by atoms with Crippen molar-refractivity contribution < 1.29 is 19.4 Å². The summed E-state index contributed by atoms with van der Waals surface area (Å²) in [6.45, 7) is 7.50. The molecule has 0 aromatic carbocycles. The summed E-state index contributed by atoms with van der Waals surface area (Å²) >= 11 is 0. The van der Waals surface area contributed by atoms with Crippen LogP contribution in [0.5, 0.6) is 0 Å². The fraction of sp³-hybridized carbons (Fsp3) is 0.846. The lowest BCUT2D eigenvalue weighted by molar-refractivity contribution is -0.150. The first-order valence-electron chi connectivity index (χ1n) is 6.35. The molecule has 0 heterocycles. The number of hydrogen-bond donors (Lipinski definition) is 2. The van der Waals surface area contributed by atoms with Gasteiger partial charge in [-0.15, -0.1) is 0 Å². The molecule has 2 N–H and O–H groups in total. The largest absolute Gasteiger partial charge is 0.481 e. The van der Waals surface area contributed by atoms with E-state index in [1.807, 2.05) is 0 Å². The van der Waals surface area contributed by atoms with Crippen LogP contribution in [-0.4, -0.2) is 29.3 Å². The second-order valence-corrected chi connectivity index (χ2v) is 6.19. The lowest BCUT2D eigenvalue weighted by Crippen LogP contribution is -2.41. The lowest BCUT2D eigenvalue weighted by Gasteiger charge is -2.27. The number of carbonyl (C=O) groups is 2. The van der Waals surface area contributed by atoms with Crippen LogP contribution in [0.3, 0.4) is 0 Å². The average molecular weight is 257 g/mol. The molecule has 0 aliphatic heterocycles. The van der Waals surface area contributed by atoms with Gasteiger partial charge >= 0.3 is 12.1 Å². The predicted octanol–water partition coefficient (Wildman–Crippen LogP) is 2.40. The van der Waals surface area contributed by atoms with Crippen molar-refractivity contribution in [3.05, 3.63) is 0 Å². The van der Waals surface area contributed by atoms with E-state index in [0.717, 1.165) is 12.8 Å². The molecule has 5 nitrogen and oxygen atoms in total. The molecule has 1 fully saturated rings. The van der Waals surface area contributed by atoms with Crippen molar-refractivity contribution in [3.8, 4) is 0 Å². The van der Waals surface area contributed by atoms with Gasteiger partial charge in [0.2, 0.25) is 0 Å². The van der Waals surface area contributed by atoms with E-state index >= 15 is 0 Å². The molecule has 1 aliphatic rings. The summed E-state index contributed by atoms with van der Waals surface area (Å²) in [6.07, 6.45) is 1.91. The Morgan fingerprint density at radius 1 is 1.44 bits per heavy atom. The SMILES string of the molecule is CC(C)(C)OC(=O)NC[C@H]1CCCC1(C)C(=O)O. The van der Waals surface area contributed by atoms with Crippen molar-refractivity contribution in [2.24, 2.45) is 11.3 Å². The second-order valence-electron chi connectivity index (χ2n) is 6.19. The first-order valence-corrected chi connectivity index (χ1v) is 6.35. The number of carboxylic acids is 1. The van der Waals surface area contributed by atoms with Crippen LogP contribution in [0, 0.1) is 11.3 Å². The fourth-order valence-electron chi connectivity index (χ4n) is 2.37. The minimum Gasteiger partial charge on any atom is -0.481 e. The molecule has 18 heavy (non-hydrogen) atoms. The number of aliphatic carboxylic acids is 1. The van der Waals surface area contributed by atoms with E-state index in [1.165, 1.54) is 0 Å². The monoisotopic (exact) mass is 257 g/mol. The molecule has 0 aromatic heterocycles. The molecule has 0 radical (unpaired) electrons. The Labute approximate surface area is 108 Å². The summed E-state index contributed by atoms with van der Waals surface area (Å²) in [5.74, 6) is -0.807. The van der Waals surface area contributed by atoms with Gasteiger partial charge in [-0.25, -0.2) is 4.79 Å². The molecule has 0 aromatic rings. The van der Waals surface area contributed by atoms with Crippen LogP contribution in [0.4, 0.5) is 4.79 Å². The summed E-state index contributed by atoms with van der Waals surface area (Å²) in [7, 11) is 0. The summed E-state index contributed by atoms with van der Waals surface area (Å²) < 4.78 is 5.13. The smallest absolute Gasteiger partial charge is 0.407 e. The Bertz CT molecular complexity index is 334. The zero-order valence-corrected chi connectivity index (χ0v) is 11.6. The van der Waals surface area contributed by atoms with Gasteiger partial charge in [0, 0.05) is 6.54 Å². The number of carboxylic acid groups (broad SMARTS) is 1. The number of ether oxygens (including phenoxy) is 1. The number of alkyl carbamates (subject to hydrolysis) is 1. The lowest BCUT2D eigenvalue weighted by atomic mass is 9.80. The average Bonchev–Trinajstić information content (AvgIpc) is 2.55. The Balaban J connectivity index is 2.49. The first kappa shape index (κ1) is 14.8. The minimum absolute atomic E-state index is 0.0254. The van der Waals surface area contributed by atoms with Crippen molar-refractivity contribution in [2.45, 2.75) is 52.6 Å². The first-order chi connectivity index (χ1) is 8.15. The van der Waals surface area contributed by atoms with Gasteiger partial charge in [0.05, 0.1) is 5.41 Å². The molecule has 1 saturated carbocycles. The van der Waals surface area contributed by atoms with Crippen LogP contribution < -0.4 is 5.32 Å². The number of carbonyl (C=O) groups excluding carboxylic acids is 1. The van der Waals surface area contributed by atoms with Crippen molar-refractivity contribution in [2.75, 3.05) is 6.54 Å². The molecular weight excluding hydrogens is 234 g/mol. The summed E-state index contributed by atoms with van der Waals surface area (Å²) in [5.41, 5.74) is -1.26. The van der Waals surface area contributed by atoms with E-state index in [9.17, 15) is 14.7 Å². The Morgan fingerprint density at radius 3 is 2.56 bits per heavy atom. The fourth-order valence-corrected chi connectivity index (χ4v) is 2.37. The van der Waals surface area contributed by atoms with Crippen LogP contribution >= 0.6 is 0 Å².